The number of nitrogens with zero attached hydrogens (tertiary/aromatic N) is 3. The van der Waals surface area contributed by atoms with Gasteiger partial charge in [0.25, 0.3) is 11.5 Å². The van der Waals surface area contributed by atoms with Crippen LogP contribution in [0.1, 0.15) is 35.5 Å². The number of thiazole rings is 1. The summed E-state index contributed by atoms with van der Waals surface area (Å²) < 4.78 is 23.2. The first-order valence-corrected chi connectivity index (χ1v) is 15.0. The molecule has 6 rings (SSSR count). The topological polar surface area (TPSA) is 77.6 Å². The summed E-state index contributed by atoms with van der Waals surface area (Å²) >= 11 is 7.33. The van der Waals surface area contributed by atoms with Gasteiger partial charge in [0.2, 0.25) is 0 Å². The Morgan fingerprint density at radius 3 is 2.45 bits per heavy atom. The molecule has 3 aromatic carbocycles. The summed E-state index contributed by atoms with van der Waals surface area (Å²) in [5.41, 5.74) is 5.34. The second-order valence-corrected chi connectivity index (χ2v) is 11.9. The lowest BCUT2D eigenvalue weighted by Crippen LogP contribution is -2.40. The fourth-order valence-corrected chi connectivity index (χ4v) is 6.74. The monoisotopic (exact) mass is 626 g/mol. The molecule has 1 amide bonds. The standard InChI is InChI=1S/C34H28ClFN4O3S/c1-19-16-23(21(3)39(19)25-12-15-28(36)27(35)18-25)17-29-33(42)40-31(22-10-13-26(43-4)14-11-22)30(20(2)37-34(40)44-29)32(41)38-24-8-6-5-7-9-24/h5-18,31H,1-4H3,(H,38,41)/b29-17+/t31-/m1/s1. The number of aryl methyl sites for hydroxylation is 1. The van der Waals surface area contributed by atoms with Crippen LogP contribution in [-0.4, -0.2) is 22.2 Å². The van der Waals surface area contributed by atoms with Crippen molar-refractivity contribution in [1.29, 1.82) is 0 Å². The van der Waals surface area contributed by atoms with Crippen LogP contribution in [0.15, 0.2) is 99.9 Å². The van der Waals surface area contributed by atoms with Crippen molar-refractivity contribution in [2.45, 2.75) is 26.8 Å². The van der Waals surface area contributed by atoms with Crippen molar-refractivity contribution in [2.75, 3.05) is 12.4 Å². The van der Waals surface area contributed by atoms with Crippen molar-refractivity contribution in [3.05, 3.63) is 143 Å². The molecule has 0 fully saturated rings. The summed E-state index contributed by atoms with van der Waals surface area (Å²) in [6.45, 7) is 5.66. The molecular formula is C34H28ClFN4O3S. The molecule has 1 atom stereocenters. The van der Waals surface area contributed by atoms with Gasteiger partial charge in [-0.1, -0.05) is 53.3 Å². The van der Waals surface area contributed by atoms with Crippen LogP contribution in [-0.2, 0) is 4.79 Å². The maximum atomic E-state index is 14.2. The number of hydrogen-bond acceptors (Lipinski definition) is 5. The molecule has 0 saturated carbocycles. The van der Waals surface area contributed by atoms with Gasteiger partial charge in [-0.25, -0.2) is 9.38 Å². The second-order valence-electron chi connectivity index (χ2n) is 10.4. The third-order valence-corrected chi connectivity index (χ3v) is 8.92. The molecule has 0 unspecified atom stereocenters. The Kier molecular flexibility index (Phi) is 7.84. The van der Waals surface area contributed by atoms with Crippen LogP contribution in [0.4, 0.5) is 10.1 Å². The van der Waals surface area contributed by atoms with Crippen molar-refractivity contribution >= 4 is 40.6 Å². The Morgan fingerprint density at radius 2 is 1.77 bits per heavy atom. The smallest absolute Gasteiger partial charge is 0.271 e. The molecule has 0 spiro atoms. The summed E-state index contributed by atoms with van der Waals surface area (Å²) in [6.07, 6.45) is 1.84. The van der Waals surface area contributed by atoms with Crippen molar-refractivity contribution in [1.82, 2.24) is 9.13 Å². The number of nitrogens with one attached hydrogen (secondary N) is 1. The molecule has 0 bridgehead atoms. The highest BCUT2D eigenvalue weighted by atomic mass is 35.5. The van der Waals surface area contributed by atoms with E-state index in [1.165, 1.54) is 17.4 Å². The highest BCUT2D eigenvalue weighted by molar-refractivity contribution is 7.07. The minimum atomic E-state index is -0.711. The van der Waals surface area contributed by atoms with Crippen molar-refractivity contribution in [2.24, 2.45) is 4.99 Å². The van der Waals surface area contributed by atoms with E-state index in [4.69, 9.17) is 21.3 Å². The van der Waals surface area contributed by atoms with Gasteiger partial charge in [-0.15, -0.1) is 0 Å². The maximum absolute atomic E-state index is 14.2. The molecule has 7 nitrogen and oxygen atoms in total. The Balaban J connectivity index is 1.49. The van der Waals surface area contributed by atoms with Gasteiger partial charge in [-0.05, 0) is 86.5 Å². The van der Waals surface area contributed by atoms with Gasteiger partial charge in [-0.3, -0.25) is 14.2 Å². The zero-order valence-electron chi connectivity index (χ0n) is 24.4. The normalized spacial score (nSPS) is 14.8. The molecule has 44 heavy (non-hydrogen) atoms. The van der Waals surface area contributed by atoms with Crippen LogP contribution >= 0.6 is 22.9 Å². The third kappa shape index (κ3) is 5.29. The van der Waals surface area contributed by atoms with Gasteiger partial charge in [-0.2, -0.15) is 0 Å². The molecule has 0 saturated heterocycles. The zero-order valence-corrected chi connectivity index (χ0v) is 26.0. The first-order chi connectivity index (χ1) is 21.2. The number of aromatic nitrogens is 2. The number of benzene rings is 3. The Labute approximate surface area is 261 Å². The highest BCUT2D eigenvalue weighted by Crippen LogP contribution is 2.32. The largest absolute Gasteiger partial charge is 0.497 e. The predicted molar refractivity (Wildman–Crippen MR) is 172 cm³/mol. The molecule has 10 heteroatoms. The third-order valence-electron chi connectivity index (χ3n) is 7.65. The van der Waals surface area contributed by atoms with Crippen LogP contribution in [0.2, 0.25) is 5.02 Å². The van der Waals surface area contributed by atoms with Crippen LogP contribution in [0.25, 0.3) is 11.8 Å². The molecule has 2 aromatic heterocycles. The molecule has 1 aliphatic heterocycles. The van der Waals surface area contributed by atoms with E-state index in [-0.39, 0.29) is 16.5 Å². The summed E-state index contributed by atoms with van der Waals surface area (Å²) in [5, 5.41) is 3.00. The number of para-hydroxylation sites is 1. The lowest BCUT2D eigenvalue weighted by molar-refractivity contribution is -0.113. The number of carbonyl (C=O) groups excluding carboxylic acids is 1. The fraction of sp³-hybridized carbons (Fsp3) is 0.147. The van der Waals surface area contributed by atoms with Crippen LogP contribution < -0.4 is 24.9 Å². The number of carbonyl (C=O) groups is 1. The van der Waals surface area contributed by atoms with Crippen LogP contribution in [0, 0.1) is 19.7 Å². The van der Waals surface area contributed by atoms with E-state index in [0.717, 1.165) is 28.2 Å². The van der Waals surface area contributed by atoms with E-state index in [1.807, 2.05) is 85.2 Å². The average molecular weight is 627 g/mol. The maximum Gasteiger partial charge on any atom is 0.271 e. The molecule has 1 aliphatic rings. The number of amides is 1. The van der Waals surface area contributed by atoms with Crippen LogP contribution in [0.3, 0.4) is 0 Å². The Hall–Kier alpha value is -4.73. The molecule has 0 radical (unpaired) electrons. The van der Waals surface area contributed by atoms with Gasteiger partial charge in [0.15, 0.2) is 4.80 Å². The molecular weight excluding hydrogens is 599 g/mol. The minimum absolute atomic E-state index is 0.0332. The summed E-state index contributed by atoms with van der Waals surface area (Å²) in [4.78, 5) is 33.1. The van der Waals surface area contributed by atoms with Crippen molar-refractivity contribution < 1.29 is 13.9 Å². The lowest BCUT2D eigenvalue weighted by atomic mass is 9.95. The van der Waals surface area contributed by atoms with E-state index in [2.05, 4.69) is 5.32 Å². The van der Waals surface area contributed by atoms with E-state index in [0.29, 0.717) is 32.0 Å². The van der Waals surface area contributed by atoms with Gasteiger partial charge in [0, 0.05) is 22.8 Å². The molecule has 0 aliphatic carbocycles. The van der Waals surface area contributed by atoms with Gasteiger partial charge in [0.1, 0.15) is 11.6 Å². The summed E-state index contributed by atoms with van der Waals surface area (Å²) in [6, 6.07) is 22.3. The second kappa shape index (κ2) is 11.7. The number of hydrogen-bond donors (Lipinski definition) is 1. The molecule has 3 heterocycles. The average Bonchev–Trinajstić information content (AvgIpc) is 3.47. The number of ether oxygens (including phenoxy) is 1. The number of methoxy groups -OCH3 is 1. The molecule has 5 aromatic rings. The fourth-order valence-electron chi connectivity index (χ4n) is 5.53. The summed E-state index contributed by atoms with van der Waals surface area (Å²) in [5.74, 6) is -0.165. The number of anilines is 1. The van der Waals surface area contributed by atoms with Gasteiger partial charge < -0.3 is 14.6 Å². The predicted octanol–water partition coefficient (Wildman–Crippen LogP) is 6.08. The van der Waals surface area contributed by atoms with Crippen molar-refractivity contribution in [3.8, 4) is 11.4 Å². The Morgan fingerprint density at radius 1 is 1.05 bits per heavy atom. The number of halogens is 2. The summed E-state index contributed by atoms with van der Waals surface area (Å²) in [7, 11) is 1.59. The first-order valence-electron chi connectivity index (χ1n) is 13.8. The number of rotatable bonds is 6. The quantitative estimate of drug-likeness (QED) is 0.248. The van der Waals surface area contributed by atoms with E-state index in [1.54, 1.807) is 30.7 Å². The minimum Gasteiger partial charge on any atom is -0.497 e. The SMILES string of the molecule is COc1ccc([C@@H]2C(C(=O)Nc3ccccc3)=C(C)N=c3s/c(=C/c4cc(C)n(-c5ccc(F)c(Cl)c5)c4C)c(=O)n32)cc1. The highest BCUT2D eigenvalue weighted by Gasteiger charge is 2.32. The molecule has 1 N–H and O–H groups in total. The van der Waals surface area contributed by atoms with E-state index in [9.17, 15) is 14.0 Å². The van der Waals surface area contributed by atoms with Gasteiger partial charge in [0.05, 0.1) is 34.0 Å². The zero-order chi connectivity index (χ0) is 31.1. The lowest BCUT2D eigenvalue weighted by Gasteiger charge is -2.25. The molecule has 222 valence electrons. The first kappa shape index (κ1) is 29.3. The number of allylic oxidation sites excluding steroid dienone is 1. The number of fused-ring (bicyclic) bond motifs is 1. The van der Waals surface area contributed by atoms with E-state index < -0.39 is 11.9 Å². The van der Waals surface area contributed by atoms with E-state index >= 15 is 0 Å². The van der Waals surface area contributed by atoms with Crippen molar-refractivity contribution in [3.63, 3.8) is 0 Å². The van der Waals surface area contributed by atoms with Crippen LogP contribution in [0.5, 0.6) is 5.75 Å². The Bertz CT molecular complexity index is 2130. The van der Waals surface area contributed by atoms with Gasteiger partial charge >= 0.3 is 0 Å².